The number of nitrogens with zero attached hydrogens (tertiary/aromatic N) is 1. The van der Waals surface area contributed by atoms with Crippen molar-refractivity contribution in [2.45, 2.75) is 38.8 Å². The van der Waals surface area contributed by atoms with Gasteiger partial charge in [0.2, 0.25) is 0 Å². The maximum absolute atomic E-state index is 5.99. The van der Waals surface area contributed by atoms with E-state index in [2.05, 4.69) is 36.7 Å². The van der Waals surface area contributed by atoms with Gasteiger partial charge in [-0.05, 0) is 31.5 Å². The molecular weight excluding hydrogens is 268 g/mol. The number of hydrogen-bond acceptors (Lipinski definition) is 4. The number of thiazole rings is 1. The minimum Gasteiger partial charge on any atom is -0.483 e. The average molecular weight is 288 g/mol. The Morgan fingerprint density at radius 3 is 3.10 bits per heavy atom. The Morgan fingerprint density at radius 2 is 2.30 bits per heavy atom. The van der Waals surface area contributed by atoms with Crippen LogP contribution in [0, 0.1) is 0 Å². The number of aromatic nitrogens is 1. The lowest BCUT2D eigenvalue weighted by Crippen LogP contribution is -2.19. The molecule has 2 aromatic rings. The first-order valence-corrected chi connectivity index (χ1v) is 8.09. The van der Waals surface area contributed by atoms with Crippen LogP contribution in [0.5, 0.6) is 5.75 Å². The first-order chi connectivity index (χ1) is 9.78. The molecular formula is C16H20N2OS. The number of benzene rings is 1. The van der Waals surface area contributed by atoms with Gasteiger partial charge in [-0.25, -0.2) is 4.98 Å². The van der Waals surface area contributed by atoms with Crippen LogP contribution < -0.4 is 10.1 Å². The Labute approximate surface area is 124 Å². The molecule has 2 unspecified atom stereocenters. The predicted octanol–water partition coefficient (Wildman–Crippen LogP) is 3.88. The summed E-state index contributed by atoms with van der Waals surface area (Å²) >= 11 is 1.70. The summed E-state index contributed by atoms with van der Waals surface area (Å²) in [7, 11) is 0. The monoisotopic (exact) mass is 288 g/mol. The van der Waals surface area contributed by atoms with Gasteiger partial charge in [0.25, 0.3) is 0 Å². The van der Waals surface area contributed by atoms with Gasteiger partial charge in [0.1, 0.15) is 10.8 Å². The second-order valence-electron chi connectivity index (χ2n) is 5.20. The summed E-state index contributed by atoms with van der Waals surface area (Å²) in [6.45, 7) is 5.37. The molecule has 0 saturated heterocycles. The summed E-state index contributed by atoms with van der Waals surface area (Å²) in [5, 5.41) is 6.71. The highest BCUT2D eigenvalue weighted by Crippen LogP contribution is 2.37. The first-order valence-electron chi connectivity index (χ1n) is 7.21. The van der Waals surface area contributed by atoms with Gasteiger partial charge in [-0.1, -0.05) is 25.1 Å². The quantitative estimate of drug-likeness (QED) is 0.906. The van der Waals surface area contributed by atoms with Crippen LogP contribution >= 0.6 is 11.3 Å². The van der Waals surface area contributed by atoms with Crippen LogP contribution in [0.1, 0.15) is 48.7 Å². The van der Waals surface area contributed by atoms with Crippen LogP contribution in [-0.2, 0) is 6.42 Å². The molecule has 0 radical (unpaired) electrons. The number of nitrogens with one attached hydrogen (secondary N) is 1. The van der Waals surface area contributed by atoms with Crippen molar-refractivity contribution in [3.05, 3.63) is 45.9 Å². The van der Waals surface area contributed by atoms with Crippen molar-refractivity contribution in [3.8, 4) is 5.75 Å². The van der Waals surface area contributed by atoms with Crippen molar-refractivity contribution in [3.63, 3.8) is 0 Å². The van der Waals surface area contributed by atoms with E-state index >= 15 is 0 Å². The van der Waals surface area contributed by atoms with Gasteiger partial charge in [-0.2, -0.15) is 0 Å². The van der Waals surface area contributed by atoms with E-state index in [0.717, 1.165) is 35.8 Å². The molecule has 1 aliphatic heterocycles. The van der Waals surface area contributed by atoms with Crippen LogP contribution in [0.4, 0.5) is 0 Å². The lowest BCUT2D eigenvalue weighted by molar-refractivity contribution is 0.237. The highest BCUT2D eigenvalue weighted by molar-refractivity contribution is 7.09. The minimum absolute atomic E-state index is 0.0875. The van der Waals surface area contributed by atoms with Crippen LogP contribution in [-0.4, -0.2) is 11.5 Å². The van der Waals surface area contributed by atoms with Gasteiger partial charge < -0.3 is 10.1 Å². The van der Waals surface area contributed by atoms with E-state index in [1.165, 1.54) is 5.56 Å². The minimum atomic E-state index is 0.0875. The molecule has 1 N–H and O–H groups in total. The fourth-order valence-electron chi connectivity index (χ4n) is 2.43. The molecule has 0 saturated carbocycles. The van der Waals surface area contributed by atoms with Gasteiger partial charge in [-0.15, -0.1) is 11.3 Å². The smallest absolute Gasteiger partial charge is 0.154 e. The predicted molar refractivity (Wildman–Crippen MR) is 82.3 cm³/mol. The van der Waals surface area contributed by atoms with Crippen molar-refractivity contribution < 1.29 is 4.74 Å². The normalized spacial score (nSPS) is 18.6. The summed E-state index contributed by atoms with van der Waals surface area (Å²) in [6, 6.07) is 8.56. The van der Waals surface area contributed by atoms with Crippen LogP contribution in [0.25, 0.3) is 0 Å². The molecule has 1 aromatic carbocycles. The summed E-state index contributed by atoms with van der Waals surface area (Å²) in [4.78, 5) is 4.76. The average Bonchev–Trinajstić information content (AvgIpc) is 3.10. The Balaban J connectivity index is 1.69. The maximum atomic E-state index is 5.99. The molecule has 1 aromatic heterocycles. The van der Waals surface area contributed by atoms with Crippen molar-refractivity contribution in [2.75, 3.05) is 6.54 Å². The molecule has 106 valence electrons. The maximum Gasteiger partial charge on any atom is 0.154 e. The fraction of sp³-hybridized carbons (Fsp3) is 0.438. The fourth-order valence-corrected chi connectivity index (χ4v) is 3.37. The molecule has 0 amide bonds. The standard InChI is InChI=1S/C16H20N2OS/c1-3-8-17-11(2)13-10-20-16(18-13)15-9-12-6-4-5-7-14(12)19-15/h4-7,10-11,15,17H,3,8-9H2,1-2H3. The number of fused-ring (bicyclic) bond motifs is 1. The van der Waals surface area contributed by atoms with E-state index in [1.54, 1.807) is 11.3 Å². The molecule has 2 heterocycles. The summed E-state index contributed by atoms with van der Waals surface area (Å²) in [5.41, 5.74) is 2.41. The molecule has 20 heavy (non-hydrogen) atoms. The van der Waals surface area contributed by atoms with E-state index in [9.17, 15) is 0 Å². The third kappa shape index (κ3) is 2.72. The number of para-hydroxylation sites is 1. The van der Waals surface area contributed by atoms with Crippen LogP contribution in [0.2, 0.25) is 0 Å². The Bertz CT molecular complexity index is 556. The van der Waals surface area contributed by atoms with E-state index in [0.29, 0.717) is 6.04 Å². The summed E-state index contributed by atoms with van der Waals surface area (Å²) in [6.07, 6.45) is 2.16. The molecule has 4 heteroatoms. The van der Waals surface area contributed by atoms with Gasteiger partial charge in [0.05, 0.1) is 5.69 Å². The second kappa shape index (κ2) is 5.94. The lowest BCUT2D eigenvalue weighted by Gasteiger charge is -2.10. The SMILES string of the molecule is CCCNC(C)c1csc(C2Cc3ccccc3O2)n1. The van der Waals surface area contributed by atoms with E-state index in [4.69, 9.17) is 9.72 Å². The molecule has 2 atom stereocenters. The molecule has 0 aliphatic carbocycles. The Morgan fingerprint density at radius 1 is 1.45 bits per heavy atom. The zero-order valence-corrected chi connectivity index (χ0v) is 12.7. The molecule has 0 bridgehead atoms. The largest absolute Gasteiger partial charge is 0.483 e. The van der Waals surface area contributed by atoms with Gasteiger partial charge in [0, 0.05) is 17.8 Å². The van der Waals surface area contributed by atoms with Gasteiger partial charge in [0.15, 0.2) is 6.10 Å². The number of ether oxygens (including phenoxy) is 1. The van der Waals surface area contributed by atoms with Gasteiger partial charge >= 0.3 is 0 Å². The Hall–Kier alpha value is -1.39. The van der Waals surface area contributed by atoms with Crippen molar-refractivity contribution in [2.24, 2.45) is 0 Å². The highest BCUT2D eigenvalue weighted by Gasteiger charge is 2.26. The third-order valence-electron chi connectivity index (χ3n) is 3.61. The van der Waals surface area contributed by atoms with Crippen molar-refractivity contribution >= 4 is 11.3 Å². The summed E-state index contributed by atoms with van der Waals surface area (Å²) in [5.74, 6) is 1.01. The first kappa shape index (κ1) is 13.6. The molecule has 0 spiro atoms. The van der Waals surface area contributed by atoms with Crippen LogP contribution in [0.15, 0.2) is 29.6 Å². The van der Waals surface area contributed by atoms with E-state index in [1.807, 2.05) is 12.1 Å². The molecule has 1 aliphatic rings. The highest BCUT2D eigenvalue weighted by atomic mass is 32.1. The molecule has 3 nitrogen and oxygen atoms in total. The van der Waals surface area contributed by atoms with Crippen molar-refractivity contribution in [1.29, 1.82) is 0 Å². The molecule has 0 fully saturated rings. The Kier molecular flexibility index (Phi) is 4.03. The van der Waals surface area contributed by atoms with Crippen molar-refractivity contribution in [1.82, 2.24) is 10.3 Å². The number of hydrogen-bond donors (Lipinski definition) is 1. The summed E-state index contributed by atoms with van der Waals surface area (Å²) < 4.78 is 5.99. The third-order valence-corrected chi connectivity index (χ3v) is 4.56. The topological polar surface area (TPSA) is 34.1 Å². The second-order valence-corrected chi connectivity index (χ2v) is 6.09. The van der Waals surface area contributed by atoms with Gasteiger partial charge in [-0.3, -0.25) is 0 Å². The van der Waals surface area contributed by atoms with E-state index in [-0.39, 0.29) is 6.10 Å². The van der Waals surface area contributed by atoms with E-state index < -0.39 is 0 Å². The lowest BCUT2D eigenvalue weighted by atomic mass is 10.1. The zero-order valence-electron chi connectivity index (χ0n) is 11.9. The number of rotatable bonds is 5. The molecule has 3 rings (SSSR count). The van der Waals surface area contributed by atoms with Crippen LogP contribution in [0.3, 0.4) is 0 Å². The zero-order chi connectivity index (χ0) is 13.9.